The van der Waals surface area contributed by atoms with Crippen LogP contribution in [0.15, 0.2) is 0 Å². The average molecular weight is 665 g/mol. The molecule has 0 aliphatic carbocycles. The largest absolute Gasteiger partial charge is 0.395 e. The minimum Gasteiger partial charge on any atom is -0.395 e. The molecule has 2 unspecified atom stereocenters. The third kappa shape index (κ3) is 38.7. The van der Waals surface area contributed by atoms with E-state index in [4.69, 9.17) is 30.6 Å². The number of hydrogen-bond donors (Lipinski definition) is 6. The molecular formula is C22H48O6S8. The second-order valence-corrected chi connectivity index (χ2v) is 18.1. The van der Waals surface area contributed by atoms with Crippen molar-refractivity contribution < 1.29 is 30.6 Å². The Morgan fingerprint density at radius 2 is 0.639 bits per heavy atom. The van der Waals surface area contributed by atoms with Crippen LogP contribution in [0.25, 0.3) is 0 Å². The molecule has 6 N–H and O–H groups in total. The molecule has 2 atom stereocenters. The summed E-state index contributed by atoms with van der Waals surface area (Å²) in [7, 11) is 14.0. The fourth-order valence-electron chi connectivity index (χ4n) is 2.14. The molecule has 0 spiro atoms. The van der Waals surface area contributed by atoms with Crippen molar-refractivity contribution in [1.82, 2.24) is 0 Å². The zero-order chi connectivity index (χ0) is 27.0. The fraction of sp³-hybridized carbons (Fsp3) is 1.00. The van der Waals surface area contributed by atoms with Crippen molar-refractivity contribution in [3.8, 4) is 0 Å². The van der Waals surface area contributed by atoms with Gasteiger partial charge in [-0.1, -0.05) is 112 Å². The molecule has 0 heterocycles. The highest BCUT2D eigenvalue weighted by Crippen LogP contribution is 2.26. The minimum absolute atomic E-state index is 0.154. The topological polar surface area (TPSA) is 121 Å². The van der Waals surface area contributed by atoms with E-state index in [1.165, 1.54) is 62.9 Å². The van der Waals surface area contributed by atoms with Crippen LogP contribution in [0.4, 0.5) is 0 Å². The van der Waals surface area contributed by atoms with Crippen molar-refractivity contribution >= 4 is 86.4 Å². The maximum absolute atomic E-state index is 9.13. The SMILES string of the molecule is OCC(O)CSSCCCCCCSSCC(O)CO.OCCSSCCCCCCSSCCO. The molecule has 6 nitrogen and oxygen atoms in total. The van der Waals surface area contributed by atoms with Crippen molar-refractivity contribution in [1.29, 1.82) is 0 Å². The van der Waals surface area contributed by atoms with Crippen LogP contribution in [0, 0.1) is 0 Å². The van der Waals surface area contributed by atoms with Gasteiger partial charge in [0.15, 0.2) is 0 Å². The van der Waals surface area contributed by atoms with E-state index < -0.39 is 12.2 Å². The van der Waals surface area contributed by atoms with Gasteiger partial charge in [0.05, 0.1) is 38.6 Å². The first-order chi connectivity index (χ1) is 17.6. The summed E-state index contributed by atoms with van der Waals surface area (Å²) >= 11 is 0. The third-order valence-corrected chi connectivity index (χ3v) is 14.1. The lowest BCUT2D eigenvalue weighted by molar-refractivity contribution is 0.114. The van der Waals surface area contributed by atoms with Gasteiger partial charge >= 0.3 is 0 Å². The standard InChI is InChI=1S/C12H26O4S4.C10H22O2S4/c13-7-11(15)9-19-17-5-3-1-2-4-6-18-20-10-12(16)8-14;11-5-9-15-13-7-3-1-2-4-8-14-16-10-6-12/h11-16H,1-10H2;11-12H,1-10H2. The van der Waals surface area contributed by atoms with Gasteiger partial charge in [-0.05, 0) is 25.7 Å². The van der Waals surface area contributed by atoms with Crippen LogP contribution in [-0.4, -0.2) is 115 Å². The number of unbranched alkanes of at least 4 members (excludes halogenated alkanes) is 6. The Morgan fingerprint density at radius 1 is 0.361 bits per heavy atom. The molecule has 0 fully saturated rings. The van der Waals surface area contributed by atoms with E-state index in [1.807, 2.05) is 21.6 Å². The minimum atomic E-state index is -0.591. The van der Waals surface area contributed by atoms with Gasteiger partial charge in [-0.15, -0.1) is 0 Å². The predicted molar refractivity (Wildman–Crippen MR) is 177 cm³/mol. The number of hydrogen-bond acceptors (Lipinski definition) is 14. The van der Waals surface area contributed by atoms with Gasteiger partial charge in [0, 0.05) is 46.0 Å². The molecule has 0 saturated heterocycles. The first-order valence-corrected chi connectivity index (χ1v) is 22.3. The summed E-state index contributed by atoms with van der Waals surface area (Å²) in [6, 6.07) is 0. The molecule has 0 aliphatic heterocycles. The maximum Gasteiger partial charge on any atom is 0.0869 e. The van der Waals surface area contributed by atoms with Crippen molar-refractivity contribution in [2.45, 2.75) is 63.6 Å². The molecule has 0 bridgehead atoms. The molecule has 36 heavy (non-hydrogen) atoms. The molecule has 0 amide bonds. The number of aliphatic hydroxyl groups is 6. The van der Waals surface area contributed by atoms with E-state index in [9.17, 15) is 0 Å². The molecule has 220 valence electrons. The molecule has 0 aliphatic rings. The number of rotatable bonds is 28. The molecule has 0 radical (unpaired) electrons. The van der Waals surface area contributed by atoms with E-state index in [-0.39, 0.29) is 13.2 Å². The average Bonchev–Trinajstić information content (AvgIpc) is 2.89. The maximum atomic E-state index is 9.13. The molecule has 0 aromatic carbocycles. The summed E-state index contributed by atoms with van der Waals surface area (Å²) in [4.78, 5) is 0. The number of aliphatic hydroxyl groups excluding tert-OH is 6. The van der Waals surface area contributed by atoms with Crippen LogP contribution in [-0.2, 0) is 0 Å². The molecule has 0 rings (SSSR count). The Bertz CT molecular complexity index is 360. The van der Waals surface area contributed by atoms with Crippen molar-refractivity contribution in [2.24, 2.45) is 0 Å². The van der Waals surface area contributed by atoms with Crippen molar-refractivity contribution in [3.05, 3.63) is 0 Å². The highest BCUT2D eigenvalue weighted by Gasteiger charge is 2.03. The zero-order valence-corrected chi connectivity index (χ0v) is 27.8. The Hall–Kier alpha value is 2.56. The van der Waals surface area contributed by atoms with Crippen molar-refractivity contribution in [3.63, 3.8) is 0 Å². The summed E-state index contributed by atoms with van der Waals surface area (Å²) in [6.07, 6.45) is 8.85. The highest BCUT2D eigenvalue weighted by atomic mass is 33.1. The summed E-state index contributed by atoms with van der Waals surface area (Å²) in [5, 5.41) is 52.7. The van der Waals surface area contributed by atoms with Crippen LogP contribution in [0.3, 0.4) is 0 Å². The monoisotopic (exact) mass is 664 g/mol. The van der Waals surface area contributed by atoms with Gasteiger partial charge in [-0.2, -0.15) is 0 Å². The van der Waals surface area contributed by atoms with Gasteiger partial charge in [0.2, 0.25) is 0 Å². The summed E-state index contributed by atoms with van der Waals surface area (Å²) in [6.45, 7) is 0.276. The Labute approximate surface area is 251 Å². The second kappa shape index (κ2) is 37.6. The van der Waals surface area contributed by atoms with E-state index >= 15 is 0 Å². The van der Waals surface area contributed by atoms with Gasteiger partial charge in [-0.25, -0.2) is 0 Å². The van der Waals surface area contributed by atoms with E-state index in [0.29, 0.717) is 24.7 Å². The fourth-order valence-corrected chi connectivity index (χ4v) is 10.5. The summed E-state index contributed by atoms with van der Waals surface area (Å²) in [5.41, 5.74) is 0. The summed E-state index contributed by atoms with van der Waals surface area (Å²) in [5.74, 6) is 7.48. The lowest BCUT2D eigenvalue weighted by Crippen LogP contribution is -2.13. The molecule has 0 saturated carbocycles. The third-order valence-electron chi connectivity index (χ3n) is 4.04. The van der Waals surface area contributed by atoms with Crippen LogP contribution >= 0.6 is 86.4 Å². The van der Waals surface area contributed by atoms with E-state index in [2.05, 4.69) is 0 Å². The Balaban J connectivity index is 0. The lowest BCUT2D eigenvalue weighted by Gasteiger charge is -2.06. The van der Waals surface area contributed by atoms with Crippen molar-refractivity contribution in [2.75, 3.05) is 72.5 Å². The van der Waals surface area contributed by atoms with Crippen LogP contribution in [0.5, 0.6) is 0 Å². The molecular weight excluding hydrogens is 617 g/mol. The van der Waals surface area contributed by atoms with Gasteiger partial charge in [0.25, 0.3) is 0 Å². The normalized spacial score (nSPS) is 12.8. The van der Waals surface area contributed by atoms with Crippen LogP contribution in [0.2, 0.25) is 0 Å². The molecule has 0 aromatic rings. The van der Waals surface area contributed by atoms with Crippen LogP contribution < -0.4 is 0 Å². The molecule has 0 aromatic heterocycles. The Kier molecular flexibility index (Phi) is 42.5. The summed E-state index contributed by atoms with van der Waals surface area (Å²) < 4.78 is 0. The smallest absolute Gasteiger partial charge is 0.0869 e. The van der Waals surface area contributed by atoms with E-state index in [1.54, 1.807) is 64.8 Å². The predicted octanol–water partition coefficient (Wildman–Crippen LogP) is 5.31. The van der Waals surface area contributed by atoms with E-state index in [0.717, 1.165) is 23.0 Å². The quantitative estimate of drug-likeness (QED) is 0.0479. The van der Waals surface area contributed by atoms with Gasteiger partial charge < -0.3 is 30.6 Å². The lowest BCUT2D eigenvalue weighted by atomic mass is 10.2. The highest BCUT2D eigenvalue weighted by molar-refractivity contribution is 8.77. The van der Waals surface area contributed by atoms with Gasteiger partial charge in [0.1, 0.15) is 0 Å². The first-order valence-electron chi connectivity index (χ1n) is 12.4. The van der Waals surface area contributed by atoms with Gasteiger partial charge in [-0.3, -0.25) is 0 Å². The zero-order valence-electron chi connectivity index (χ0n) is 21.2. The second-order valence-electron chi connectivity index (χ2n) is 7.45. The molecule has 14 heteroatoms. The Morgan fingerprint density at radius 3 is 0.917 bits per heavy atom. The first kappa shape index (κ1) is 40.7. The van der Waals surface area contributed by atoms with Crippen LogP contribution in [0.1, 0.15) is 51.4 Å².